The average molecular weight is 324 g/mol. The quantitative estimate of drug-likeness (QED) is 0.667. The van der Waals surface area contributed by atoms with Crippen molar-refractivity contribution < 1.29 is 14.4 Å². The van der Waals surface area contributed by atoms with Crippen molar-refractivity contribution in [1.82, 2.24) is 10.2 Å². The third-order valence-corrected chi connectivity index (χ3v) is 4.65. The highest BCUT2D eigenvalue weighted by Crippen LogP contribution is 2.29. The van der Waals surface area contributed by atoms with Gasteiger partial charge >= 0.3 is 0 Å². The monoisotopic (exact) mass is 324 g/mol. The van der Waals surface area contributed by atoms with Gasteiger partial charge in [0.15, 0.2) is 0 Å². The van der Waals surface area contributed by atoms with Gasteiger partial charge in [-0.2, -0.15) is 0 Å². The smallest absolute Gasteiger partial charge is 0.255 e. The zero-order valence-electron chi connectivity index (χ0n) is 13.9. The summed E-state index contributed by atoms with van der Waals surface area (Å²) in [5, 5.41) is 2.32. The van der Waals surface area contributed by atoms with Gasteiger partial charge in [0.1, 0.15) is 6.04 Å². The van der Waals surface area contributed by atoms with Crippen LogP contribution >= 0.6 is 0 Å². The van der Waals surface area contributed by atoms with Gasteiger partial charge in [-0.25, -0.2) is 0 Å². The van der Waals surface area contributed by atoms with E-state index < -0.39 is 6.04 Å². The predicted molar refractivity (Wildman–Crippen MR) is 88.8 cm³/mol. The summed E-state index contributed by atoms with van der Waals surface area (Å²) in [4.78, 5) is 37.6. The Bertz CT molecular complexity index is 773. The first-order chi connectivity index (χ1) is 11.5. The van der Waals surface area contributed by atoms with Gasteiger partial charge in [-0.05, 0) is 30.5 Å². The molecule has 1 aromatic carbocycles. The molecule has 3 rings (SSSR count). The summed E-state index contributed by atoms with van der Waals surface area (Å²) in [6.45, 7) is 4.52. The zero-order chi connectivity index (χ0) is 17.3. The molecular formula is C19H20N2O3. The van der Waals surface area contributed by atoms with Crippen LogP contribution in [-0.4, -0.2) is 28.7 Å². The maximum absolute atomic E-state index is 12.7. The van der Waals surface area contributed by atoms with E-state index in [1.807, 2.05) is 12.1 Å². The van der Waals surface area contributed by atoms with Crippen LogP contribution in [0.2, 0.25) is 0 Å². The molecule has 0 saturated carbocycles. The molecule has 1 saturated heterocycles. The van der Waals surface area contributed by atoms with Crippen LogP contribution in [0.15, 0.2) is 18.2 Å². The van der Waals surface area contributed by atoms with Crippen molar-refractivity contribution in [2.24, 2.45) is 5.92 Å². The molecule has 0 aromatic heterocycles. The number of fused-ring (bicyclic) bond motifs is 1. The van der Waals surface area contributed by atoms with Crippen LogP contribution in [0.4, 0.5) is 0 Å². The number of benzene rings is 1. The van der Waals surface area contributed by atoms with E-state index in [1.165, 1.54) is 0 Å². The van der Waals surface area contributed by atoms with Gasteiger partial charge in [-0.15, -0.1) is 0 Å². The van der Waals surface area contributed by atoms with Gasteiger partial charge in [0.2, 0.25) is 11.8 Å². The first-order valence-electron chi connectivity index (χ1n) is 8.29. The molecule has 2 aliphatic heterocycles. The van der Waals surface area contributed by atoms with Gasteiger partial charge in [-0.3, -0.25) is 19.7 Å². The summed E-state index contributed by atoms with van der Waals surface area (Å²) in [5.41, 5.74) is 2.33. The van der Waals surface area contributed by atoms with Crippen LogP contribution in [0.1, 0.15) is 54.6 Å². The minimum Gasteiger partial charge on any atom is -0.322 e. The summed E-state index contributed by atoms with van der Waals surface area (Å²) in [6, 6.07) is 4.93. The molecule has 2 aliphatic rings. The third kappa shape index (κ3) is 2.92. The molecule has 5 nitrogen and oxygen atoms in total. The van der Waals surface area contributed by atoms with Crippen molar-refractivity contribution in [1.29, 1.82) is 0 Å². The number of carbonyl (C=O) groups is 3. The molecule has 0 aliphatic carbocycles. The van der Waals surface area contributed by atoms with E-state index in [0.717, 1.165) is 17.5 Å². The van der Waals surface area contributed by atoms with Crippen molar-refractivity contribution in [2.75, 3.05) is 0 Å². The second kappa shape index (κ2) is 6.48. The molecule has 3 amide bonds. The molecule has 1 aromatic rings. The number of hydrogen-bond donors (Lipinski definition) is 1. The molecule has 0 bridgehead atoms. The standard InChI is InChI=1S/C19H20N2O3/c1-3-12(2)7-8-13-5-4-6-14-15(13)11-21(19(14)24)16-9-10-17(22)20-18(16)23/h4-6,12,16H,3,9-11H2,1-2H3,(H,20,22,23). The summed E-state index contributed by atoms with van der Waals surface area (Å²) >= 11 is 0. The van der Waals surface area contributed by atoms with Crippen molar-refractivity contribution in [3.63, 3.8) is 0 Å². The van der Waals surface area contributed by atoms with Gasteiger partial charge in [0.25, 0.3) is 5.91 Å². The topological polar surface area (TPSA) is 66.5 Å². The molecule has 24 heavy (non-hydrogen) atoms. The fourth-order valence-electron chi connectivity index (χ4n) is 3.01. The Morgan fingerprint density at radius 3 is 2.83 bits per heavy atom. The lowest BCUT2D eigenvalue weighted by Gasteiger charge is -2.29. The lowest BCUT2D eigenvalue weighted by molar-refractivity contribution is -0.136. The lowest BCUT2D eigenvalue weighted by atomic mass is 10.0. The Hall–Kier alpha value is -2.61. The third-order valence-electron chi connectivity index (χ3n) is 4.65. The molecule has 124 valence electrons. The summed E-state index contributed by atoms with van der Waals surface area (Å²) < 4.78 is 0. The van der Waals surface area contributed by atoms with Crippen LogP contribution < -0.4 is 5.32 Å². The largest absolute Gasteiger partial charge is 0.322 e. The first-order valence-corrected chi connectivity index (χ1v) is 8.29. The Labute approximate surface area is 141 Å². The van der Waals surface area contributed by atoms with Gasteiger partial charge in [0, 0.05) is 30.0 Å². The van der Waals surface area contributed by atoms with Crippen molar-refractivity contribution >= 4 is 17.7 Å². The molecular weight excluding hydrogens is 304 g/mol. The molecule has 1 N–H and O–H groups in total. The van der Waals surface area contributed by atoms with E-state index in [1.54, 1.807) is 11.0 Å². The molecule has 1 fully saturated rings. The second-order valence-electron chi connectivity index (χ2n) is 6.31. The number of piperidine rings is 1. The number of nitrogens with one attached hydrogen (secondary N) is 1. The fourth-order valence-corrected chi connectivity index (χ4v) is 3.01. The fraction of sp³-hybridized carbons (Fsp3) is 0.421. The van der Waals surface area contributed by atoms with E-state index in [2.05, 4.69) is 31.0 Å². The van der Waals surface area contributed by atoms with E-state index in [-0.39, 0.29) is 24.1 Å². The maximum atomic E-state index is 12.7. The van der Waals surface area contributed by atoms with Crippen molar-refractivity contribution in [3.05, 3.63) is 34.9 Å². The maximum Gasteiger partial charge on any atom is 0.255 e. The van der Waals surface area contributed by atoms with Gasteiger partial charge in [0.05, 0.1) is 0 Å². The number of imide groups is 1. The summed E-state index contributed by atoms with van der Waals surface area (Å²) in [6.07, 6.45) is 1.61. The minimum absolute atomic E-state index is 0.160. The van der Waals surface area contributed by atoms with Crippen molar-refractivity contribution in [2.45, 2.75) is 45.7 Å². The Balaban J connectivity index is 1.88. The van der Waals surface area contributed by atoms with E-state index in [9.17, 15) is 14.4 Å². The highest BCUT2D eigenvalue weighted by Gasteiger charge is 2.39. The van der Waals surface area contributed by atoms with Crippen LogP contribution in [0.3, 0.4) is 0 Å². The minimum atomic E-state index is -0.585. The SMILES string of the molecule is CCC(C)C#Cc1cccc2c1CN(C1CCC(=O)NC1=O)C2=O. The Morgan fingerprint density at radius 2 is 2.12 bits per heavy atom. The molecule has 0 spiro atoms. The summed E-state index contributed by atoms with van der Waals surface area (Å²) in [7, 11) is 0. The van der Waals surface area contributed by atoms with Crippen LogP contribution in [0, 0.1) is 17.8 Å². The molecule has 5 heteroatoms. The lowest BCUT2D eigenvalue weighted by Crippen LogP contribution is -2.52. The van der Waals surface area contributed by atoms with Gasteiger partial charge in [-0.1, -0.05) is 31.8 Å². The van der Waals surface area contributed by atoms with Crippen LogP contribution in [0.5, 0.6) is 0 Å². The zero-order valence-corrected chi connectivity index (χ0v) is 13.9. The number of amides is 3. The molecule has 0 radical (unpaired) electrons. The first kappa shape index (κ1) is 16.3. The van der Waals surface area contributed by atoms with Crippen LogP contribution in [0.25, 0.3) is 0 Å². The van der Waals surface area contributed by atoms with Crippen molar-refractivity contribution in [3.8, 4) is 11.8 Å². The Kier molecular flexibility index (Phi) is 4.39. The molecule has 2 unspecified atom stereocenters. The highest BCUT2D eigenvalue weighted by molar-refractivity contribution is 6.05. The average Bonchev–Trinajstić information content (AvgIpc) is 2.90. The summed E-state index contributed by atoms with van der Waals surface area (Å²) in [5.74, 6) is 5.84. The number of hydrogen-bond acceptors (Lipinski definition) is 3. The second-order valence-corrected chi connectivity index (χ2v) is 6.31. The highest BCUT2D eigenvalue weighted by atomic mass is 16.2. The van der Waals surface area contributed by atoms with Crippen LogP contribution in [-0.2, 0) is 16.1 Å². The number of nitrogens with zero attached hydrogens (tertiary/aromatic N) is 1. The molecule has 2 atom stereocenters. The number of carbonyl (C=O) groups excluding carboxylic acids is 3. The Morgan fingerprint density at radius 1 is 1.33 bits per heavy atom. The van der Waals surface area contributed by atoms with E-state index in [0.29, 0.717) is 24.4 Å². The van der Waals surface area contributed by atoms with E-state index in [4.69, 9.17) is 0 Å². The number of rotatable bonds is 2. The van der Waals surface area contributed by atoms with E-state index >= 15 is 0 Å². The predicted octanol–water partition coefficient (Wildman–Crippen LogP) is 1.85. The normalized spacial score (nSPS) is 21.0. The molecule has 2 heterocycles. The van der Waals surface area contributed by atoms with Gasteiger partial charge < -0.3 is 4.90 Å².